The van der Waals surface area contributed by atoms with Crippen molar-refractivity contribution in [1.29, 1.82) is 0 Å². The van der Waals surface area contributed by atoms with Crippen LogP contribution in [0.1, 0.15) is 30.6 Å². The van der Waals surface area contributed by atoms with E-state index in [2.05, 4.69) is 11.1 Å². The van der Waals surface area contributed by atoms with Gasteiger partial charge in [-0.2, -0.15) is 4.31 Å². The number of fused-ring (bicyclic) bond motifs is 3. The van der Waals surface area contributed by atoms with Crippen LogP contribution in [-0.4, -0.2) is 31.4 Å². The van der Waals surface area contributed by atoms with Crippen LogP contribution in [0.15, 0.2) is 53.4 Å². The molecule has 0 fully saturated rings. The SMILES string of the molecule is CCC1c2[nH]c3ccccc3c2CCN1S(=O)(=O)c1ccc(OC)cc1. The van der Waals surface area contributed by atoms with E-state index < -0.39 is 10.0 Å². The van der Waals surface area contributed by atoms with Crippen LogP contribution in [0, 0.1) is 0 Å². The van der Waals surface area contributed by atoms with E-state index in [0.717, 1.165) is 17.6 Å². The van der Waals surface area contributed by atoms with Gasteiger partial charge >= 0.3 is 0 Å². The zero-order valence-electron chi connectivity index (χ0n) is 14.9. The summed E-state index contributed by atoms with van der Waals surface area (Å²) in [7, 11) is -2.00. The molecule has 1 N–H and O–H groups in total. The first-order valence-corrected chi connectivity index (χ1v) is 10.3. The Hall–Kier alpha value is -2.31. The van der Waals surface area contributed by atoms with E-state index in [-0.39, 0.29) is 6.04 Å². The molecule has 0 amide bonds. The molecule has 1 unspecified atom stereocenters. The van der Waals surface area contributed by atoms with Crippen LogP contribution in [0.25, 0.3) is 10.9 Å². The Morgan fingerprint density at radius 3 is 2.58 bits per heavy atom. The maximum Gasteiger partial charge on any atom is 0.243 e. The molecule has 1 atom stereocenters. The van der Waals surface area contributed by atoms with E-state index in [4.69, 9.17) is 4.74 Å². The highest BCUT2D eigenvalue weighted by Gasteiger charge is 2.37. The van der Waals surface area contributed by atoms with Crippen molar-refractivity contribution >= 4 is 20.9 Å². The summed E-state index contributed by atoms with van der Waals surface area (Å²) in [6.07, 6.45) is 1.43. The molecule has 2 heterocycles. The topological polar surface area (TPSA) is 62.4 Å². The Balaban J connectivity index is 1.77. The predicted octanol–water partition coefficient (Wildman–Crippen LogP) is 3.87. The van der Waals surface area contributed by atoms with E-state index in [1.807, 2.05) is 25.1 Å². The lowest BCUT2D eigenvalue weighted by molar-refractivity contribution is 0.297. The number of ether oxygens (including phenoxy) is 1. The number of rotatable bonds is 4. The van der Waals surface area contributed by atoms with Gasteiger partial charge in [0.1, 0.15) is 5.75 Å². The second-order valence-electron chi connectivity index (χ2n) is 6.53. The van der Waals surface area contributed by atoms with Gasteiger partial charge in [0.2, 0.25) is 10.0 Å². The minimum atomic E-state index is -3.57. The number of para-hydroxylation sites is 1. The molecule has 1 aliphatic heterocycles. The second-order valence-corrected chi connectivity index (χ2v) is 8.42. The Morgan fingerprint density at radius 1 is 1.15 bits per heavy atom. The summed E-state index contributed by atoms with van der Waals surface area (Å²) in [6, 6.07) is 14.6. The third-order valence-corrected chi connectivity index (χ3v) is 7.08. The van der Waals surface area contributed by atoms with Crippen LogP contribution in [0.2, 0.25) is 0 Å². The van der Waals surface area contributed by atoms with E-state index in [1.165, 1.54) is 10.9 Å². The highest BCUT2D eigenvalue weighted by molar-refractivity contribution is 7.89. The molecular weight excluding hydrogens is 348 g/mol. The van der Waals surface area contributed by atoms with Crippen LogP contribution in [0.5, 0.6) is 5.75 Å². The summed E-state index contributed by atoms with van der Waals surface area (Å²) in [5.74, 6) is 0.646. The fraction of sp³-hybridized carbons (Fsp3) is 0.300. The lowest BCUT2D eigenvalue weighted by Gasteiger charge is -2.34. The number of sulfonamides is 1. The average Bonchev–Trinajstić information content (AvgIpc) is 3.06. The Bertz CT molecular complexity index is 1040. The number of nitrogens with one attached hydrogen (secondary N) is 1. The number of H-pyrrole nitrogens is 1. The number of aromatic amines is 1. The summed E-state index contributed by atoms with van der Waals surface area (Å²) in [6.45, 7) is 2.52. The van der Waals surface area contributed by atoms with Crippen molar-refractivity contribution in [2.45, 2.75) is 30.7 Å². The largest absolute Gasteiger partial charge is 0.497 e. The van der Waals surface area contributed by atoms with Gasteiger partial charge in [-0.25, -0.2) is 8.42 Å². The molecule has 5 nitrogen and oxygen atoms in total. The fourth-order valence-electron chi connectivity index (χ4n) is 3.88. The summed E-state index contributed by atoms with van der Waals surface area (Å²) >= 11 is 0. The molecule has 26 heavy (non-hydrogen) atoms. The monoisotopic (exact) mass is 370 g/mol. The predicted molar refractivity (Wildman–Crippen MR) is 102 cm³/mol. The molecule has 0 saturated carbocycles. The Morgan fingerprint density at radius 2 is 1.88 bits per heavy atom. The minimum Gasteiger partial charge on any atom is -0.497 e. The number of benzene rings is 2. The lowest BCUT2D eigenvalue weighted by atomic mass is 9.98. The van der Waals surface area contributed by atoms with Gasteiger partial charge in [-0.3, -0.25) is 0 Å². The molecule has 6 heteroatoms. The standard InChI is InChI=1S/C20H22N2O3S/c1-3-19-20-17(16-6-4-5-7-18(16)21-20)12-13-22(19)26(23,24)15-10-8-14(25-2)9-11-15/h4-11,19,21H,3,12-13H2,1-2H3. The second kappa shape index (κ2) is 6.45. The van der Waals surface area contributed by atoms with Crippen LogP contribution < -0.4 is 4.74 Å². The average molecular weight is 370 g/mol. The summed E-state index contributed by atoms with van der Waals surface area (Å²) in [4.78, 5) is 3.76. The van der Waals surface area contributed by atoms with E-state index in [9.17, 15) is 8.42 Å². The van der Waals surface area contributed by atoms with Gasteiger partial charge in [-0.05, 0) is 48.7 Å². The Labute approximate surface area is 153 Å². The van der Waals surface area contributed by atoms with Crippen LogP contribution in [0.3, 0.4) is 0 Å². The van der Waals surface area contributed by atoms with Gasteiger partial charge in [0.15, 0.2) is 0 Å². The number of hydrogen-bond donors (Lipinski definition) is 1. The smallest absolute Gasteiger partial charge is 0.243 e. The first-order chi connectivity index (χ1) is 12.6. The molecular formula is C20H22N2O3S. The summed E-state index contributed by atoms with van der Waals surface area (Å²) in [5, 5.41) is 1.20. The molecule has 0 saturated heterocycles. The van der Waals surface area contributed by atoms with Crippen molar-refractivity contribution in [3.8, 4) is 5.75 Å². The van der Waals surface area contributed by atoms with Gasteiger partial charge in [0, 0.05) is 23.1 Å². The first kappa shape index (κ1) is 17.1. The third-order valence-electron chi connectivity index (χ3n) is 5.16. The zero-order valence-corrected chi connectivity index (χ0v) is 15.7. The fourth-order valence-corrected chi connectivity index (χ4v) is 5.55. The summed E-state index contributed by atoms with van der Waals surface area (Å²) in [5.41, 5.74) is 3.34. The quantitative estimate of drug-likeness (QED) is 0.758. The van der Waals surface area contributed by atoms with Crippen LogP contribution in [-0.2, 0) is 16.4 Å². The molecule has 2 aromatic carbocycles. The van der Waals surface area contributed by atoms with Crippen molar-refractivity contribution in [2.75, 3.05) is 13.7 Å². The van der Waals surface area contributed by atoms with Crippen LogP contribution in [0.4, 0.5) is 0 Å². The lowest BCUT2D eigenvalue weighted by Crippen LogP contribution is -2.39. The number of methoxy groups -OCH3 is 1. The van der Waals surface area contributed by atoms with Crippen LogP contribution >= 0.6 is 0 Å². The van der Waals surface area contributed by atoms with Gasteiger partial charge in [0.25, 0.3) is 0 Å². The molecule has 1 aliphatic rings. The molecule has 0 spiro atoms. The molecule has 4 rings (SSSR count). The normalized spacial score (nSPS) is 18.0. The molecule has 136 valence electrons. The Kier molecular flexibility index (Phi) is 4.25. The van der Waals surface area contributed by atoms with E-state index >= 15 is 0 Å². The van der Waals surface area contributed by atoms with Crippen molar-refractivity contribution < 1.29 is 13.2 Å². The van der Waals surface area contributed by atoms with Crippen molar-refractivity contribution in [3.05, 3.63) is 59.8 Å². The highest BCUT2D eigenvalue weighted by atomic mass is 32.2. The molecule has 3 aromatic rings. The zero-order chi connectivity index (χ0) is 18.3. The van der Waals surface area contributed by atoms with Gasteiger partial charge in [-0.1, -0.05) is 25.1 Å². The van der Waals surface area contributed by atoms with E-state index in [0.29, 0.717) is 23.6 Å². The van der Waals surface area contributed by atoms with Crippen molar-refractivity contribution in [1.82, 2.24) is 9.29 Å². The van der Waals surface area contributed by atoms with E-state index in [1.54, 1.807) is 35.7 Å². The summed E-state index contributed by atoms with van der Waals surface area (Å²) < 4.78 is 33.3. The molecule has 0 aliphatic carbocycles. The maximum atomic E-state index is 13.3. The highest BCUT2D eigenvalue weighted by Crippen LogP contribution is 2.39. The van der Waals surface area contributed by atoms with Gasteiger partial charge in [-0.15, -0.1) is 0 Å². The maximum absolute atomic E-state index is 13.3. The van der Waals surface area contributed by atoms with Crippen molar-refractivity contribution in [2.24, 2.45) is 0 Å². The molecule has 0 bridgehead atoms. The molecule has 0 radical (unpaired) electrons. The minimum absolute atomic E-state index is 0.182. The number of aromatic nitrogens is 1. The number of nitrogens with zero attached hydrogens (tertiary/aromatic N) is 1. The van der Waals surface area contributed by atoms with Gasteiger partial charge < -0.3 is 9.72 Å². The first-order valence-electron chi connectivity index (χ1n) is 8.81. The number of hydrogen-bond acceptors (Lipinski definition) is 3. The van der Waals surface area contributed by atoms with Crippen molar-refractivity contribution in [3.63, 3.8) is 0 Å². The third kappa shape index (κ3) is 2.61. The van der Waals surface area contributed by atoms with Gasteiger partial charge in [0.05, 0.1) is 18.0 Å². The molecule has 1 aromatic heterocycles.